The molecule has 1 aromatic rings. The lowest BCUT2D eigenvalue weighted by Crippen LogP contribution is -2.41. The average Bonchev–Trinajstić information content (AvgIpc) is 2.91. The SMILES string of the molecule is CNC(=S)N(Cc1ccccc1)CC1CCCO1. The van der Waals surface area contributed by atoms with Crippen molar-refractivity contribution in [3.63, 3.8) is 0 Å². The summed E-state index contributed by atoms with van der Waals surface area (Å²) in [6.45, 7) is 2.59. The van der Waals surface area contributed by atoms with Crippen LogP contribution in [0.4, 0.5) is 0 Å². The van der Waals surface area contributed by atoms with Gasteiger partial charge in [0.1, 0.15) is 0 Å². The molecule has 0 bridgehead atoms. The number of ether oxygens (including phenoxy) is 1. The molecule has 0 amide bonds. The van der Waals surface area contributed by atoms with E-state index in [0.29, 0.717) is 6.10 Å². The maximum Gasteiger partial charge on any atom is 0.169 e. The van der Waals surface area contributed by atoms with Gasteiger partial charge in [-0.25, -0.2) is 0 Å². The third kappa shape index (κ3) is 3.68. The molecule has 4 heteroatoms. The number of benzene rings is 1. The summed E-state index contributed by atoms with van der Waals surface area (Å²) in [5.74, 6) is 0. The number of hydrogen-bond acceptors (Lipinski definition) is 2. The normalized spacial score (nSPS) is 18.6. The minimum Gasteiger partial charge on any atom is -0.376 e. The summed E-state index contributed by atoms with van der Waals surface area (Å²) in [6.07, 6.45) is 2.62. The Bertz CT molecular complexity index is 377. The monoisotopic (exact) mass is 264 g/mol. The van der Waals surface area contributed by atoms with Gasteiger partial charge in [0.05, 0.1) is 6.10 Å². The van der Waals surface area contributed by atoms with Gasteiger partial charge in [0.25, 0.3) is 0 Å². The molecule has 2 rings (SSSR count). The Hall–Kier alpha value is -1.13. The van der Waals surface area contributed by atoms with E-state index in [-0.39, 0.29) is 0 Å². The van der Waals surface area contributed by atoms with Crippen LogP contribution >= 0.6 is 12.2 Å². The molecule has 1 fully saturated rings. The van der Waals surface area contributed by atoms with E-state index in [1.165, 1.54) is 5.56 Å². The second-order valence-corrected chi connectivity index (χ2v) is 4.94. The van der Waals surface area contributed by atoms with Crippen molar-refractivity contribution in [2.45, 2.75) is 25.5 Å². The van der Waals surface area contributed by atoms with Crippen molar-refractivity contribution in [3.8, 4) is 0 Å². The van der Waals surface area contributed by atoms with Gasteiger partial charge in [-0.15, -0.1) is 0 Å². The molecule has 0 aliphatic carbocycles. The highest BCUT2D eigenvalue weighted by Gasteiger charge is 2.20. The molecule has 0 saturated carbocycles. The van der Waals surface area contributed by atoms with E-state index in [4.69, 9.17) is 17.0 Å². The molecule has 0 radical (unpaired) electrons. The predicted molar refractivity (Wildman–Crippen MR) is 77.5 cm³/mol. The van der Waals surface area contributed by atoms with Crippen LogP contribution < -0.4 is 5.32 Å². The summed E-state index contributed by atoms with van der Waals surface area (Å²) < 4.78 is 5.69. The van der Waals surface area contributed by atoms with Crippen LogP contribution in [0.15, 0.2) is 30.3 Å². The Labute approximate surface area is 114 Å². The molecule has 98 valence electrons. The van der Waals surface area contributed by atoms with Crippen molar-refractivity contribution >= 4 is 17.3 Å². The van der Waals surface area contributed by atoms with Crippen LogP contribution in [0.2, 0.25) is 0 Å². The van der Waals surface area contributed by atoms with E-state index in [2.05, 4.69) is 34.5 Å². The van der Waals surface area contributed by atoms with E-state index in [1.807, 2.05) is 13.1 Å². The molecule has 18 heavy (non-hydrogen) atoms. The van der Waals surface area contributed by atoms with Crippen molar-refractivity contribution in [3.05, 3.63) is 35.9 Å². The number of thiocarbonyl (C=S) groups is 1. The predicted octanol–water partition coefficient (Wildman–Crippen LogP) is 2.17. The van der Waals surface area contributed by atoms with E-state index in [1.54, 1.807) is 0 Å². The van der Waals surface area contributed by atoms with Crippen molar-refractivity contribution in [1.29, 1.82) is 0 Å². The lowest BCUT2D eigenvalue weighted by Gasteiger charge is -2.27. The second kappa shape index (κ2) is 6.71. The van der Waals surface area contributed by atoms with Gasteiger partial charge in [-0.2, -0.15) is 0 Å². The lowest BCUT2D eigenvalue weighted by atomic mass is 10.2. The Morgan fingerprint density at radius 3 is 2.83 bits per heavy atom. The number of nitrogens with zero attached hydrogens (tertiary/aromatic N) is 1. The van der Waals surface area contributed by atoms with Gasteiger partial charge < -0.3 is 15.0 Å². The zero-order valence-corrected chi connectivity index (χ0v) is 11.6. The summed E-state index contributed by atoms with van der Waals surface area (Å²) >= 11 is 5.37. The minimum atomic E-state index is 0.319. The number of hydrogen-bond donors (Lipinski definition) is 1. The van der Waals surface area contributed by atoms with Gasteiger partial charge in [-0.05, 0) is 30.6 Å². The van der Waals surface area contributed by atoms with E-state index in [9.17, 15) is 0 Å². The molecule has 1 saturated heterocycles. The van der Waals surface area contributed by atoms with Crippen LogP contribution in [-0.4, -0.2) is 36.3 Å². The van der Waals surface area contributed by atoms with Crippen molar-refractivity contribution < 1.29 is 4.74 Å². The lowest BCUT2D eigenvalue weighted by molar-refractivity contribution is 0.0899. The van der Waals surface area contributed by atoms with Crippen LogP contribution in [0.1, 0.15) is 18.4 Å². The van der Waals surface area contributed by atoms with Crippen LogP contribution in [0.25, 0.3) is 0 Å². The Balaban J connectivity index is 1.98. The molecule has 1 aliphatic rings. The smallest absolute Gasteiger partial charge is 0.169 e. The Morgan fingerprint density at radius 1 is 1.44 bits per heavy atom. The summed E-state index contributed by atoms with van der Waals surface area (Å²) in [6, 6.07) is 10.4. The van der Waals surface area contributed by atoms with Gasteiger partial charge in [0.15, 0.2) is 5.11 Å². The maximum absolute atomic E-state index is 5.69. The zero-order valence-electron chi connectivity index (χ0n) is 10.8. The average molecular weight is 264 g/mol. The van der Waals surface area contributed by atoms with Gasteiger partial charge in [0, 0.05) is 26.7 Å². The first kappa shape index (κ1) is 13.3. The summed E-state index contributed by atoms with van der Waals surface area (Å²) in [7, 11) is 1.87. The van der Waals surface area contributed by atoms with E-state index >= 15 is 0 Å². The van der Waals surface area contributed by atoms with Crippen LogP contribution in [-0.2, 0) is 11.3 Å². The largest absolute Gasteiger partial charge is 0.376 e. The van der Waals surface area contributed by atoms with Gasteiger partial charge in [-0.3, -0.25) is 0 Å². The van der Waals surface area contributed by atoms with Gasteiger partial charge in [0.2, 0.25) is 0 Å². The van der Waals surface area contributed by atoms with Crippen LogP contribution in [0.3, 0.4) is 0 Å². The minimum absolute atomic E-state index is 0.319. The third-order valence-electron chi connectivity index (χ3n) is 3.17. The molecular formula is C14H20N2OS. The number of rotatable bonds is 4. The van der Waals surface area contributed by atoms with Crippen LogP contribution in [0, 0.1) is 0 Å². The van der Waals surface area contributed by atoms with Gasteiger partial charge in [-0.1, -0.05) is 30.3 Å². The molecule has 0 aromatic heterocycles. The second-order valence-electron chi connectivity index (χ2n) is 4.56. The molecule has 1 aromatic carbocycles. The Kier molecular flexibility index (Phi) is 4.96. The van der Waals surface area contributed by atoms with Crippen molar-refractivity contribution in [2.24, 2.45) is 0 Å². The van der Waals surface area contributed by atoms with E-state index < -0.39 is 0 Å². The molecular weight excluding hydrogens is 244 g/mol. The first-order chi connectivity index (χ1) is 8.79. The summed E-state index contributed by atoms with van der Waals surface area (Å²) in [4.78, 5) is 2.18. The molecule has 0 spiro atoms. The first-order valence-electron chi connectivity index (χ1n) is 6.42. The quantitative estimate of drug-likeness (QED) is 0.842. The standard InChI is InChI=1S/C14H20N2OS/c1-15-14(18)16(11-13-8-5-9-17-13)10-12-6-3-2-4-7-12/h2-4,6-7,13H,5,8-11H2,1H3,(H,15,18). The van der Waals surface area contributed by atoms with Gasteiger partial charge >= 0.3 is 0 Å². The summed E-state index contributed by atoms with van der Waals surface area (Å²) in [5, 5.41) is 3.85. The molecule has 1 unspecified atom stereocenters. The van der Waals surface area contributed by atoms with Crippen molar-refractivity contribution in [2.75, 3.05) is 20.2 Å². The number of nitrogens with one attached hydrogen (secondary N) is 1. The highest BCUT2D eigenvalue weighted by molar-refractivity contribution is 7.80. The summed E-state index contributed by atoms with van der Waals surface area (Å²) in [5.41, 5.74) is 1.27. The Morgan fingerprint density at radius 2 is 2.22 bits per heavy atom. The topological polar surface area (TPSA) is 24.5 Å². The molecule has 1 N–H and O–H groups in total. The molecule has 3 nitrogen and oxygen atoms in total. The highest BCUT2D eigenvalue weighted by Crippen LogP contribution is 2.15. The molecule has 1 atom stereocenters. The highest BCUT2D eigenvalue weighted by atomic mass is 32.1. The fraction of sp³-hybridized carbons (Fsp3) is 0.500. The van der Waals surface area contributed by atoms with Crippen molar-refractivity contribution in [1.82, 2.24) is 10.2 Å². The van der Waals surface area contributed by atoms with E-state index in [0.717, 1.165) is 37.7 Å². The maximum atomic E-state index is 5.69. The molecule has 1 heterocycles. The fourth-order valence-corrected chi connectivity index (χ4v) is 2.35. The third-order valence-corrected chi connectivity index (χ3v) is 3.63. The molecule has 1 aliphatic heterocycles. The first-order valence-corrected chi connectivity index (χ1v) is 6.82. The van der Waals surface area contributed by atoms with Crippen LogP contribution in [0.5, 0.6) is 0 Å². The fourth-order valence-electron chi connectivity index (χ4n) is 2.22. The zero-order chi connectivity index (χ0) is 12.8.